The van der Waals surface area contributed by atoms with Crippen molar-refractivity contribution in [1.82, 2.24) is 0 Å². The fourth-order valence-corrected chi connectivity index (χ4v) is 2.41. The van der Waals surface area contributed by atoms with Crippen LogP contribution < -0.4 is 0 Å². The van der Waals surface area contributed by atoms with Gasteiger partial charge in [0.05, 0.1) is 4.83 Å². The Balaban J connectivity index is 2.71. The second-order valence-electron chi connectivity index (χ2n) is 2.20. The Kier molecular flexibility index (Phi) is 3.74. The lowest BCUT2D eigenvalue weighted by Crippen LogP contribution is -2.17. The molecule has 0 aliphatic carbocycles. The third-order valence-corrected chi connectivity index (χ3v) is 4.74. The van der Waals surface area contributed by atoms with Gasteiger partial charge in [0.2, 0.25) is 0 Å². The van der Waals surface area contributed by atoms with Gasteiger partial charge in [-0.25, -0.2) is 0 Å². The normalized spacial score (nSPS) is 15.5. The summed E-state index contributed by atoms with van der Waals surface area (Å²) >= 11 is 7.95. The van der Waals surface area contributed by atoms with Crippen LogP contribution in [-0.4, -0.2) is 15.9 Å². The third kappa shape index (κ3) is 2.31. The summed E-state index contributed by atoms with van der Waals surface area (Å²) in [6.45, 7) is 0. The van der Waals surface area contributed by atoms with Crippen LogP contribution in [0.4, 0.5) is 0 Å². The van der Waals surface area contributed by atoms with Crippen molar-refractivity contribution in [3.05, 3.63) is 22.4 Å². The predicted molar refractivity (Wildman–Crippen MR) is 56.3 cm³/mol. The summed E-state index contributed by atoms with van der Waals surface area (Å²) in [6, 6.07) is 1.90. The number of alkyl halides is 2. The Bertz CT molecular complexity index is 260. The number of rotatable bonds is 3. The molecule has 1 aromatic heterocycles. The second-order valence-corrected chi connectivity index (χ2v) is 4.95. The van der Waals surface area contributed by atoms with Crippen molar-refractivity contribution >= 4 is 49.2 Å². The van der Waals surface area contributed by atoms with E-state index < -0.39 is 10.8 Å². The number of halogens is 2. The lowest BCUT2D eigenvalue weighted by molar-refractivity contribution is -0.136. The van der Waals surface area contributed by atoms with Gasteiger partial charge in [0.15, 0.2) is 0 Å². The maximum atomic E-state index is 10.6. The van der Waals surface area contributed by atoms with Gasteiger partial charge in [-0.3, -0.25) is 4.79 Å². The van der Waals surface area contributed by atoms with E-state index >= 15 is 0 Å². The highest BCUT2D eigenvalue weighted by molar-refractivity contribution is 9.12. The molecule has 0 aliphatic rings. The molecule has 66 valence electrons. The fraction of sp³-hybridized carbons (Fsp3) is 0.286. The summed E-state index contributed by atoms with van der Waals surface area (Å²) in [5.74, 6) is -0.858. The number of thiophene rings is 1. The van der Waals surface area contributed by atoms with Gasteiger partial charge in [-0.15, -0.1) is 0 Å². The number of hydrogen-bond donors (Lipinski definition) is 1. The molecule has 12 heavy (non-hydrogen) atoms. The van der Waals surface area contributed by atoms with Crippen LogP contribution in [0.3, 0.4) is 0 Å². The molecule has 0 spiro atoms. The summed E-state index contributed by atoms with van der Waals surface area (Å²) in [7, 11) is 0. The highest BCUT2D eigenvalue weighted by atomic mass is 79.9. The molecule has 1 heterocycles. The smallest absolute Gasteiger partial charge is 0.318 e. The zero-order valence-corrected chi connectivity index (χ0v) is 9.89. The summed E-state index contributed by atoms with van der Waals surface area (Å²) < 4.78 is 0. The number of carboxylic acid groups (broad SMARTS) is 1. The molecule has 1 N–H and O–H groups in total. The van der Waals surface area contributed by atoms with Crippen molar-refractivity contribution in [2.45, 2.75) is 9.65 Å². The Morgan fingerprint density at radius 1 is 1.58 bits per heavy atom. The summed E-state index contributed by atoms with van der Waals surface area (Å²) in [5, 5.41) is 12.5. The van der Waals surface area contributed by atoms with Crippen molar-refractivity contribution in [3.8, 4) is 0 Å². The van der Waals surface area contributed by atoms with Gasteiger partial charge in [-0.1, -0.05) is 31.9 Å². The molecule has 2 atom stereocenters. The maximum absolute atomic E-state index is 10.6. The minimum atomic E-state index is -0.858. The molecule has 0 saturated heterocycles. The van der Waals surface area contributed by atoms with Crippen molar-refractivity contribution in [1.29, 1.82) is 0 Å². The van der Waals surface area contributed by atoms with Crippen LogP contribution in [0.1, 0.15) is 10.4 Å². The Morgan fingerprint density at radius 2 is 2.25 bits per heavy atom. The monoisotopic (exact) mass is 312 g/mol. The van der Waals surface area contributed by atoms with Crippen molar-refractivity contribution in [2.75, 3.05) is 0 Å². The first kappa shape index (κ1) is 10.2. The van der Waals surface area contributed by atoms with E-state index in [0.717, 1.165) is 5.56 Å². The Hall–Kier alpha value is 0.130. The second kappa shape index (κ2) is 4.39. The van der Waals surface area contributed by atoms with E-state index in [1.54, 1.807) is 11.3 Å². The van der Waals surface area contributed by atoms with E-state index in [-0.39, 0.29) is 4.83 Å². The molecule has 0 radical (unpaired) electrons. The molecule has 0 bridgehead atoms. The minimum Gasteiger partial charge on any atom is -0.480 e. The molecule has 0 saturated carbocycles. The highest BCUT2D eigenvalue weighted by Gasteiger charge is 2.24. The molecule has 2 nitrogen and oxygen atoms in total. The van der Waals surface area contributed by atoms with Crippen molar-refractivity contribution in [2.24, 2.45) is 0 Å². The average molecular weight is 314 g/mol. The number of carbonyl (C=O) groups is 1. The zero-order valence-electron chi connectivity index (χ0n) is 5.91. The minimum absolute atomic E-state index is 0.166. The van der Waals surface area contributed by atoms with E-state index in [0.29, 0.717) is 0 Å². The quantitative estimate of drug-likeness (QED) is 0.871. The topological polar surface area (TPSA) is 37.3 Å². The Labute approximate surface area is 90.9 Å². The average Bonchev–Trinajstić information content (AvgIpc) is 2.53. The molecule has 1 rings (SSSR count). The summed E-state index contributed by atoms with van der Waals surface area (Å²) in [5.41, 5.74) is 0.990. The SMILES string of the molecule is O=C(O)C(Br)C(Br)c1ccsc1. The molecular weight excluding hydrogens is 308 g/mol. The van der Waals surface area contributed by atoms with Gasteiger partial charge < -0.3 is 5.11 Å². The first-order valence-corrected chi connectivity index (χ1v) is 5.93. The molecule has 2 unspecified atom stereocenters. The van der Waals surface area contributed by atoms with E-state index in [1.807, 2.05) is 16.8 Å². The van der Waals surface area contributed by atoms with Crippen LogP contribution >= 0.6 is 43.2 Å². The molecule has 5 heteroatoms. The van der Waals surface area contributed by atoms with Crippen LogP contribution in [0.2, 0.25) is 0 Å². The fourth-order valence-electron chi connectivity index (χ4n) is 0.726. The van der Waals surface area contributed by atoms with E-state index in [1.165, 1.54) is 0 Å². The lowest BCUT2D eigenvalue weighted by atomic mass is 10.2. The van der Waals surface area contributed by atoms with E-state index in [4.69, 9.17) is 5.11 Å². The lowest BCUT2D eigenvalue weighted by Gasteiger charge is -2.10. The molecule has 0 aliphatic heterocycles. The van der Waals surface area contributed by atoms with E-state index in [2.05, 4.69) is 31.9 Å². The van der Waals surface area contributed by atoms with Crippen molar-refractivity contribution in [3.63, 3.8) is 0 Å². The molecular formula is C7H6Br2O2S. The first-order chi connectivity index (χ1) is 5.63. The van der Waals surface area contributed by atoms with Gasteiger partial charge >= 0.3 is 5.97 Å². The first-order valence-electron chi connectivity index (χ1n) is 3.16. The van der Waals surface area contributed by atoms with Crippen LogP contribution in [0.15, 0.2) is 16.8 Å². The highest BCUT2D eigenvalue weighted by Crippen LogP contribution is 2.32. The van der Waals surface area contributed by atoms with Crippen LogP contribution in [0, 0.1) is 0 Å². The largest absolute Gasteiger partial charge is 0.480 e. The molecule has 0 fully saturated rings. The maximum Gasteiger partial charge on any atom is 0.318 e. The van der Waals surface area contributed by atoms with Gasteiger partial charge in [-0.05, 0) is 22.4 Å². The molecule has 0 aromatic carbocycles. The number of hydrogen-bond acceptors (Lipinski definition) is 2. The van der Waals surface area contributed by atoms with Gasteiger partial charge in [0.25, 0.3) is 0 Å². The molecule has 0 amide bonds. The van der Waals surface area contributed by atoms with E-state index in [9.17, 15) is 4.79 Å². The van der Waals surface area contributed by atoms with Crippen LogP contribution in [0.25, 0.3) is 0 Å². The van der Waals surface area contributed by atoms with Gasteiger partial charge in [-0.2, -0.15) is 11.3 Å². The van der Waals surface area contributed by atoms with Crippen molar-refractivity contribution < 1.29 is 9.90 Å². The number of aliphatic carboxylic acids is 1. The Morgan fingerprint density at radius 3 is 2.67 bits per heavy atom. The number of carboxylic acids is 1. The summed E-state index contributed by atoms with van der Waals surface area (Å²) in [4.78, 5) is 9.82. The molecule has 1 aromatic rings. The summed E-state index contributed by atoms with van der Waals surface area (Å²) in [6.07, 6.45) is 0. The third-order valence-electron chi connectivity index (χ3n) is 1.35. The standard InChI is InChI=1S/C7H6Br2O2S/c8-5(6(9)7(10)11)4-1-2-12-3-4/h1-3,5-6H,(H,10,11). The van der Waals surface area contributed by atoms with Gasteiger partial charge in [0, 0.05) is 0 Å². The predicted octanol–water partition coefficient (Wildman–Crippen LogP) is 3.03. The zero-order chi connectivity index (χ0) is 9.14. The van der Waals surface area contributed by atoms with Crippen LogP contribution in [0.5, 0.6) is 0 Å². The van der Waals surface area contributed by atoms with Gasteiger partial charge in [0.1, 0.15) is 4.83 Å². The van der Waals surface area contributed by atoms with Crippen LogP contribution in [-0.2, 0) is 4.79 Å².